The molecule has 0 aliphatic carbocycles. The molecule has 0 fully saturated rings. The van der Waals surface area contributed by atoms with Crippen molar-refractivity contribution in [1.29, 1.82) is 0 Å². The number of hydrogen-bond acceptors (Lipinski definition) is 4. The normalized spacial score (nSPS) is 12.0. The highest BCUT2D eigenvalue weighted by molar-refractivity contribution is 5.51. The largest absolute Gasteiger partial charge is 0.490 e. The first-order valence-corrected chi connectivity index (χ1v) is 5.82. The van der Waals surface area contributed by atoms with Crippen molar-refractivity contribution in [3.63, 3.8) is 0 Å². The SMILES string of the molecule is CC(C)NCC(O)COc1ccccc1N=[N+]=[N-]. The molecule has 6 heteroatoms. The van der Waals surface area contributed by atoms with Crippen LogP contribution in [0.5, 0.6) is 5.75 Å². The molecule has 0 amide bonds. The van der Waals surface area contributed by atoms with Gasteiger partial charge in [-0.05, 0) is 17.7 Å². The number of hydrogen-bond donors (Lipinski definition) is 2. The minimum absolute atomic E-state index is 0.150. The van der Waals surface area contributed by atoms with Gasteiger partial charge in [0.2, 0.25) is 0 Å². The van der Waals surface area contributed by atoms with E-state index in [0.717, 1.165) is 0 Å². The summed E-state index contributed by atoms with van der Waals surface area (Å²) in [5, 5.41) is 16.3. The van der Waals surface area contributed by atoms with Crippen molar-refractivity contribution in [2.75, 3.05) is 13.2 Å². The van der Waals surface area contributed by atoms with E-state index in [0.29, 0.717) is 24.0 Å². The van der Waals surface area contributed by atoms with Crippen LogP contribution in [0.3, 0.4) is 0 Å². The van der Waals surface area contributed by atoms with Crippen LogP contribution >= 0.6 is 0 Å². The van der Waals surface area contributed by atoms with Crippen molar-refractivity contribution in [2.45, 2.75) is 26.0 Å². The van der Waals surface area contributed by atoms with Gasteiger partial charge in [0.25, 0.3) is 0 Å². The zero-order chi connectivity index (χ0) is 13.4. The smallest absolute Gasteiger partial charge is 0.129 e. The minimum atomic E-state index is -0.605. The molecule has 6 nitrogen and oxygen atoms in total. The Kier molecular flexibility index (Phi) is 6.00. The zero-order valence-corrected chi connectivity index (χ0v) is 10.6. The third-order valence-corrected chi connectivity index (χ3v) is 2.21. The Morgan fingerprint density at radius 1 is 1.44 bits per heavy atom. The molecular formula is C12H18N4O2. The molecule has 1 unspecified atom stereocenters. The van der Waals surface area contributed by atoms with E-state index in [1.54, 1.807) is 24.3 Å². The first-order valence-electron chi connectivity index (χ1n) is 5.82. The quantitative estimate of drug-likeness (QED) is 0.442. The second-order valence-corrected chi connectivity index (χ2v) is 4.18. The fraction of sp³-hybridized carbons (Fsp3) is 0.500. The van der Waals surface area contributed by atoms with Crippen LogP contribution in [0.25, 0.3) is 10.4 Å². The molecular weight excluding hydrogens is 232 g/mol. The Labute approximate surface area is 106 Å². The van der Waals surface area contributed by atoms with E-state index in [1.165, 1.54) is 0 Å². The number of azide groups is 1. The third kappa shape index (κ3) is 5.05. The van der Waals surface area contributed by atoms with Crippen LogP contribution in [0.2, 0.25) is 0 Å². The molecule has 0 aromatic heterocycles. The summed E-state index contributed by atoms with van der Waals surface area (Å²) < 4.78 is 5.43. The van der Waals surface area contributed by atoms with Gasteiger partial charge in [-0.2, -0.15) is 0 Å². The lowest BCUT2D eigenvalue weighted by atomic mass is 10.3. The molecule has 0 radical (unpaired) electrons. The predicted molar refractivity (Wildman–Crippen MR) is 69.9 cm³/mol. The minimum Gasteiger partial charge on any atom is -0.490 e. The molecule has 1 atom stereocenters. The fourth-order valence-corrected chi connectivity index (χ4v) is 1.33. The molecule has 0 aliphatic rings. The van der Waals surface area contributed by atoms with Gasteiger partial charge in [-0.3, -0.25) is 0 Å². The maximum Gasteiger partial charge on any atom is 0.129 e. The van der Waals surface area contributed by atoms with Crippen LogP contribution in [0, 0.1) is 0 Å². The molecule has 0 saturated carbocycles. The molecule has 1 rings (SSSR count). The Morgan fingerprint density at radius 3 is 2.83 bits per heavy atom. The van der Waals surface area contributed by atoms with Gasteiger partial charge >= 0.3 is 0 Å². The molecule has 1 aromatic rings. The summed E-state index contributed by atoms with van der Waals surface area (Å²) in [6.07, 6.45) is -0.605. The lowest BCUT2D eigenvalue weighted by molar-refractivity contribution is 0.105. The zero-order valence-electron chi connectivity index (χ0n) is 10.6. The average molecular weight is 250 g/mol. The number of aliphatic hydroxyl groups is 1. The highest BCUT2D eigenvalue weighted by Gasteiger charge is 2.07. The summed E-state index contributed by atoms with van der Waals surface area (Å²) in [7, 11) is 0. The van der Waals surface area contributed by atoms with E-state index >= 15 is 0 Å². The van der Waals surface area contributed by atoms with Crippen molar-refractivity contribution in [3.05, 3.63) is 34.7 Å². The van der Waals surface area contributed by atoms with Gasteiger partial charge in [-0.1, -0.05) is 31.1 Å². The van der Waals surface area contributed by atoms with Crippen molar-refractivity contribution in [2.24, 2.45) is 5.11 Å². The van der Waals surface area contributed by atoms with Gasteiger partial charge in [0.15, 0.2) is 0 Å². The first kappa shape index (κ1) is 14.3. The van der Waals surface area contributed by atoms with Crippen LogP contribution in [0.15, 0.2) is 29.4 Å². The number of ether oxygens (including phenoxy) is 1. The van der Waals surface area contributed by atoms with Crippen LogP contribution < -0.4 is 10.1 Å². The predicted octanol–water partition coefficient (Wildman–Crippen LogP) is 2.37. The Hall–Kier alpha value is -1.75. The Morgan fingerprint density at radius 2 is 2.17 bits per heavy atom. The van der Waals surface area contributed by atoms with Gasteiger partial charge in [-0.15, -0.1) is 0 Å². The number of aliphatic hydroxyl groups excluding tert-OH is 1. The third-order valence-electron chi connectivity index (χ3n) is 2.21. The molecule has 0 heterocycles. The Balaban J connectivity index is 2.50. The van der Waals surface area contributed by atoms with Gasteiger partial charge < -0.3 is 15.2 Å². The molecule has 0 spiro atoms. The second kappa shape index (κ2) is 7.55. The highest BCUT2D eigenvalue weighted by Crippen LogP contribution is 2.26. The average Bonchev–Trinajstić information content (AvgIpc) is 2.35. The lowest BCUT2D eigenvalue weighted by Crippen LogP contribution is -2.35. The van der Waals surface area contributed by atoms with E-state index in [2.05, 4.69) is 15.3 Å². The Bertz CT molecular complexity index is 416. The topological polar surface area (TPSA) is 90.2 Å². The molecule has 0 aliphatic heterocycles. The van der Waals surface area contributed by atoms with Gasteiger partial charge in [0, 0.05) is 17.5 Å². The fourth-order valence-electron chi connectivity index (χ4n) is 1.33. The van der Waals surface area contributed by atoms with Gasteiger partial charge in [0.05, 0.1) is 5.69 Å². The van der Waals surface area contributed by atoms with Crippen molar-refractivity contribution < 1.29 is 9.84 Å². The molecule has 2 N–H and O–H groups in total. The maximum absolute atomic E-state index is 9.69. The number of benzene rings is 1. The summed E-state index contributed by atoms with van der Waals surface area (Å²) in [6.45, 7) is 4.62. The molecule has 0 saturated heterocycles. The van der Waals surface area contributed by atoms with E-state index < -0.39 is 6.10 Å². The molecule has 98 valence electrons. The van der Waals surface area contributed by atoms with E-state index in [9.17, 15) is 5.11 Å². The number of rotatable bonds is 7. The maximum atomic E-state index is 9.69. The monoisotopic (exact) mass is 250 g/mol. The van der Waals surface area contributed by atoms with Crippen LogP contribution in [-0.2, 0) is 0 Å². The lowest BCUT2D eigenvalue weighted by Gasteiger charge is -2.15. The summed E-state index contributed by atoms with van der Waals surface area (Å²) in [6, 6.07) is 7.22. The number of nitrogens with one attached hydrogen (secondary N) is 1. The van der Waals surface area contributed by atoms with Crippen molar-refractivity contribution >= 4 is 5.69 Å². The number of para-hydroxylation sites is 1. The summed E-state index contributed by atoms with van der Waals surface area (Å²) in [4.78, 5) is 2.72. The van der Waals surface area contributed by atoms with E-state index in [-0.39, 0.29) is 6.61 Å². The van der Waals surface area contributed by atoms with Gasteiger partial charge in [0.1, 0.15) is 18.5 Å². The summed E-state index contributed by atoms with van der Waals surface area (Å²) >= 11 is 0. The second-order valence-electron chi connectivity index (χ2n) is 4.18. The standard InChI is InChI=1S/C12H18N4O2/c1-9(2)14-7-10(17)8-18-12-6-4-3-5-11(12)15-16-13/h3-6,9-10,14,17H,7-8H2,1-2H3. The van der Waals surface area contributed by atoms with Crippen molar-refractivity contribution in [1.82, 2.24) is 5.32 Å². The van der Waals surface area contributed by atoms with E-state index in [4.69, 9.17) is 10.3 Å². The number of nitrogens with zero attached hydrogens (tertiary/aromatic N) is 3. The van der Waals surface area contributed by atoms with Crippen molar-refractivity contribution in [3.8, 4) is 5.75 Å². The van der Waals surface area contributed by atoms with Crippen LogP contribution in [-0.4, -0.2) is 30.4 Å². The first-order chi connectivity index (χ1) is 8.63. The summed E-state index contributed by atoms with van der Waals surface area (Å²) in [5.74, 6) is 0.471. The molecule has 18 heavy (non-hydrogen) atoms. The molecule has 1 aromatic carbocycles. The molecule has 0 bridgehead atoms. The summed E-state index contributed by atoms with van der Waals surface area (Å²) in [5.41, 5.74) is 8.83. The van der Waals surface area contributed by atoms with Gasteiger partial charge in [-0.25, -0.2) is 0 Å². The van der Waals surface area contributed by atoms with E-state index in [1.807, 2.05) is 13.8 Å². The van der Waals surface area contributed by atoms with Crippen LogP contribution in [0.4, 0.5) is 5.69 Å². The van der Waals surface area contributed by atoms with Crippen LogP contribution in [0.1, 0.15) is 13.8 Å². The highest BCUT2D eigenvalue weighted by atomic mass is 16.5.